The Hall–Kier alpha value is -1.40. The van der Waals surface area contributed by atoms with E-state index in [0.717, 1.165) is 11.1 Å². The molecule has 0 radical (unpaired) electrons. The lowest BCUT2D eigenvalue weighted by Crippen LogP contribution is -2.47. The van der Waals surface area contributed by atoms with Gasteiger partial charge in [0.15, 0.2) is 0 Å². The lowest BCUT2D eigenvalue weighted by atomic mass is 10.1. The molecule has 4 nitrogen and oxygen atoms in total. The van der Waals surface area contributed by atoms with Gasteiger partial charge in [-0.1, -0.05) is 53.0 Å². The first-order valence-corrected chi connectivity index (χ1v) is 10.9. The molecule has 28 heavy (non-hydrogen) atoms. The van der Waals surface area contributed by atoms with Crippen LogP contribution in [0.1, 0.15) is 18.1 Å². The fourth-order valence-corrected chi connectivity index (χ4v) is 3.85. The molecule has 0 heterocycles. The number of nitrogens with zero attached hydrogens (tertiary/aromatic N) is 1. The van der Waals surface area contributed by atoms with Crippen LogP contribution < -0.4 is 5.32 Å². The zero-order valence-corrected chi connectivity index (χ0v) is 18.6. The second-order valence-electron chi connectivity index (χ2n) is 6.18. The smallest absolute Gasteiger partial charge is 0.242 e. The summed E-state index contributed by atoms with van der Waals surface area (Å²) in [6, 6.07) is 12.1. The number of amides is 2. The van der Waals surface area contributed by atoms with Crippen LogP contribution in [-0.4, -0.2) is 35.6 Å². The average Bonchev–Trinajstić information content (AvgIpc) is 2.69. The summed E-state index contributed by atoms with van der Waals surface area (Å²) in [6.07, 6.45) is 0. The minimum Gasteiger partial charge on any atom is -0.357 e. The Morgan fingerprint density at radius 3 is 2.29 bits per heavy atom. The molecule has 0 aliphatic rings. The fourth-order valence-electron chi connectivity index (χ4n) is 2.55. The molecule has 150 valence electrons. The largest absolute Gasteiger partial charge is 0.357 e. The van der Waals surface area contributed by atoms with Gasteiger partial charge in [-0.25, -0.2) is 0 Å². The van der Waals surface area contributed by atoms with Crippen LogP contribution in [0.2, 0.25) is 15.1 Å². The quantitative estimate of drug-likeness (QED) is 0.601. The van der Waals surface area contributed by atoms with Crippen LogP contribution in [0.4, 0.5) is 0 Å². The monoisotopic (exact) mass is 458 g/mol. The van der Waals surface area contributed by atoms with Crippen LogP contribution in [0, 0.1) is 0 Å². The molecule has 8 heteroatoms. The predicted octanol–water partition coefficient (Wildman–Crippen LogP) is 5.04. The van der Waals surface area contributed by atoms with Crippen molar-refractivity contribution in [2.45, 2.75) is 25.3 Å². The van der Waals surface area contributed by atoms with E-state index in [1.54, 1.807) is 43.1 Å². The Kier molecular flexibility index (Phi) is 8.96. The number of likely N-dealkylation sites (N-methyl/N-ethyl adjacent to an activating group) is 1. The fraction of sp³-hybridized carbons (Fsp3) is 0.300. The van der Waals surface area contributed by atoms with Crippen molar-refractivity contribution in [3.8, 4) is 0 Å². The van der Waals surface area contributed by atoms with E-state index in [2.05, 4.69) is 5.32 Å². The van der Waals surface area contributed by atoms with Gasteiger partial charge in [0, 0.05) is 24.4 Å². The SMILES string of the molecule is CNC(=O)[C@@H](C)N(Cc1ccc(Cl)cc1)C(=O)CSCc1ccc(Cl)c(Cl)c1. The summed E-state index contributed by atoms with van der Waals surface area (Å²) in [5.74, 6) is 0.536. The van der Waals surface area contributed by atoms with Crippen LogP contribution in [-0.2, 0) is 21.9 Å². The van der Waals surface area contributed by atoms with Crippen molar-refractivity contribution in [1.29, 1.82) is 0 Å². The van der Waals surface area contributed by atoms with Gasteiger partial charge in [-0.05, 0) is 42.3 Å². The number of halogens is 3. The molecule has 2 rings (SSSR count). The Morgan fingerprint density at radius 2 is 1.68 bits per heavy atom. The van der Waals surface area contributed by atoms with E-state index in [1.165, 1.54) is 11.8 Å². The number of carbonyl (C=O) groups is 2. The van der Waals surface area contributed by atoms with Crippen molar-refractivity contribution < 1.29 is 9.59 Å². The van der Waals surface area contributed by atoms with Gasteiger partial charge >= 0.3 is 0 Å². The maximum Gasteiger partial charge on any atom is 0.242 e. The van der Waals surface area contributed by atoms with E-state index in [-0.39, 0.29) is 17.6 Å². The Morgan fingerprint density at radius 1 is 1.04 bits per heavy atom. The normalized spacial score (nSPS) is 11.8. The van der Waals surface area contributed by atoms with Gasteiger partial charge in [0.1, 0.15) is 6.04 Å². The first-order chi connectivity index (χ1) is 13.3. The average molecular weight is 460 g/mol. The molecule has 2 amide bonds. The molecule has 0 bridgehead atoms. The first-order valence-electron chi connectivity index (χ1n) is 8.59. The third-order valence-electron chi connectivity index (χ3n) is 4.16. The number of benzene rings is 2. The molecular weight excluding hydrogens is 439 g/mol. The second-order valence-corrected chi connectivity index (χ2v) is 8.42. The predicted molar refractivity (Wildman–Crippen MR) is 118 cm³/mol. The van der Waals surface area contributed by atoms with Crippen molar-refractivity contribution in [2.24, 2.45) is 0 Å². The van der Waals surface area contributed by atoms with Crippen LogP contribution in [0.5, 0.6) is 0 Å². The highest BCUT2D eigenvalue weighted by Crippen LogP contribution is 2.25. The van der Waals surface area contributed by atoms with Gasteiger partial charge in [-0.3, -0.25) is 9.59 Å². The summed E-state index contributed by atoms with van der Waals surface area (Å²) >= 11 is 19.3. The number of carbonyl (C=O) groups excluding carboxylic acids is 2. The van der Waals surface area contributed by atoms with Gasteiger partial charge in [0.25, 0.3) is 0 Å². The molecule has 0 aromatic heterocycles. The van der Waals surface area contributed by atoms with Gasteiger partial charge in [0.2, 0.25) is 11.8 Å². The maximum atomic E-state index is 12.8. The Labute approximate surface area is 184 Å². The molecule has 0 aliphatic carbocycles. The Bertz CT molecular complexity index is 831. The van der Waals surface area contributed by atoms with E-state index in [4.69, 9.17) is 34.8 Å². The number of thioether (sulfide) groups is 1. The van der Waals surface area contributed by atoms with Crippen LogP contribution in [0.25, 0.3) is 0 Å². The molecular formula is C20H21Cl3N2O2S. The Balaban J connectivity index is 2.03. The number of rotatable bonds is 8. The molecule has 0 unspecified atom stereocenters. The van der Waals surface area contributed by atoms with Crippen molar-refractivity contribution in [3.05, 3.63) is 68.7 Å². The maximum absolute atomic E-state index is 12.8. The third kappa shape index (κ3) is 6.59. The molecule has 0 saturated carbocycles. The molecule has 2 aromatic carbocycles. The highest BCUT2D eigenvalue weighted by atomic mass is 35.5. The van der Waals surface area contributed by atoms with E-state index in [9.17, 15) is 9.59 Å². The van der Waals surface area contributed by atoms with Crippen LogP contribution >= 0.6 is 46.6 Å². The molecule has 0 saturated heterocycles. The molecule has 0 spiro atoms. The molecule has 2 aromatic rings. The lowest BCUT2D eigenvalue weighted by Gasteiger charge is -2.28. The third-order valence-corrected chi connectivity index (χ3v) is 6.14. The summed E-state index contributed by atoms with van der Waals surface area (Å²) in [5, 5.41) is 4.21. The second kappa shape index (κ2) is 11.0. The zero-order valence-electron chi connectivity index (χ0n) is 15.5. The number of nitrogens with one attached hydrogen (secondary N) is 1. The van der Waals surface area contributed by atoms with Crippen molar-refractivity contribution in [3.63, 3.8) is 0 Å². The van der Waals surface area contributed by atoms with Crippen molar-refractivity contribution in [1.82, 2.24) is 10.2 Å². The lowest BCUT2D eigenvalue weighted by molar-refractivity contribution is -0.138. The van der Waals surface area contributed by atoms with Gasteiger partial charge in [0.05, 0.1) is 15.8 Å². The zero-order chi connectivity index (χ0) is 20.7. The molecule has 1 atom stereocenters. The van der Waals surface area contributed by atoms with E-state index < -0.39 is 6.04 Å². The summed E-state index contributed by atoms with van der Waals surface area (Å²) in [5.41, 5.74) is 1.89. The molecule has 1 N–H and O–H groups in total. The standard InChI is InChI=1S/C20H21Cl3N2O2S/c1-13(20(27)24-2)25(10-14-3-6-16(21)7-4-14)19(26)12-28-11-15-5-8-17(22)18(23)9-15/h3-9,13H,10-12H2,1-2H3,(H,24,27)/t13-/m1/s1. The number of hydrogen-bond donors (Lipinski definition) is 1. The first kappa shape index (κ1) is 22.9. The van der Waals surface area contributed by atoms with Crippen molar-refractivity contribution >= 4 is 58.4 Å². The van der Waals surface area contributed by atoms with Gasteiger partial charge < -0.3 is 10.2 Å². The van der Waals surface area contributed by atoms with Gasteiger partial charge in [-0.15, -0.1) is 11.8 Å². The van der Waals surface area contributed by atoms with E-state index >= 15 is 0 Å². The van der Waals surface area contributed by atoms with Crippen LogP contribution in [0.3, 0.4) is 0 Å². The summed E-state index contributed by atoms with van der Waals surface area (Å²) in [6.45, 7) is 2.05. The number of hydrogen-bond acceptors (Lipinski definition) is 3. The summed E-state index contributed by atoms with van der Waals surface area (Å²) in [7, 11) is 1.56. The highest BCUT2D eigenvalue weighted by molar-refractivity contribution is 7.99. The summed E-state index contributed by atoms with van der Waals surface area (Å²) < 4.78 is 0. The van der Waals surface area contributed by atoms with Crippen LogP contribution in [0.15, 0.2) is 42.5 Å². The van der Waals surface area contributed by atoms with Crippen molar-refractivity contribution in [2.75, 3.05) is 12.8 Å². The topological polar surface area (TPSA) is 49.4 Å². The minimum absolute atomic E-state index is 0.115. The van der Waals surface area contributed by atoms with E-state index in [0.29, 0.717) is 27.4 Å². The highest BCUT2D eigenvalue weighted by Gasteiger charge is 2.25. The molecule has 0 aliphatic heterocycles. The van der Waals surface area contributed by atoms with E-state index in [1.807, 2.05) is 18.2 Å². The minimum atomic E-state index is -0.584. The van der Waals surface area contributed by atoms with Gasteiger partial charge in [-0.2, -0.15) is 0 Å². The summed E-state index contributed by atoms with van der Waals surface area (Å²) in [4.78, 5) is 26.5. The molecule has 0 fully saturated rings.